The van der Waals surface area contributed by atoms with Gasteiger partial charge in [0, 0.05) is 13.0 Å². The highest BCUT2D eigenvalue weighted by Gasteiger charge is 2.09. The van der Waals surface area contributed by atoms with E-state index in [9.17, 15) is 9.59 Å². The summed E-state index contributed by atoms with van der Waals surface area (Å²) >= 11 is 0. The molecule has 9 heteroatoms. The minimum atomic E-state index is -0.450. The Kier molecular flexibility index (Phi) is 9.21. The molecule has 0 aliphatic carbocycles. The third-order valence-corrected chi connectivity index (χ3v) is 6.23. The lowest BCUT2D eigenvalue weighted by Gasteiger charge is -2.10. The van der Waals surface area contributed by atoms with Gasteiger partial charge in [0.25, 0.3) is 0 Å². The number of ether oxygens (including phenoxy) is 3. The third-order valence-electron chi connectivity index (χ3n) is 6.23. The average molecular weight is 564 g/mol. The molecule has 5 aromatic rings. The maximum Gasteiger partial charge on any atom is 0.339 e. The van der Waals surface area contributed by atoms with Crippen LogP contribution < -0.4 is 19.8 Å². The molecule has 2 aromatic heterocycles. The van der Waals surface area contributed by atoms with Crippen molar-refractivity contribution in [2.24, 2.45) is 0 Å². The zero-order chi connectivity index (χ0) is 29.1. The monoisotopic (exact) mass is 563 g/mol. The molecule has 0 bridgehead atoms. The summed E-state index contributed by atoms with van der Waals surface area (Å²) in [6.07, 6.45) is 9.02. The second-order valence-corrected chi connectivity index (χ2v) is 9.28. The second kappa shape index (κ2) is 13.8. The molecule has 212 valence electrons. The Morgan fingerprint density at radius 1 is 0.881 bits per heavy atom. The highest BCUT2D eigenvalue weighted by Crippen LogP contribution is 2.29. The number of carbonyl (C=O) groups is 1. The van der Waals surface area contributed by atoms with E-state index in [1.165, 1.54) is 18.2 Å². The van der Waals surface area contributed by atoms with E-state index in [4.69, 9.17) is 18.6 Å². The maximum atomic E-state index is 12.2. The number of hydrogen-bond donors (Lipinski definition) is 0. The van der Waals surface area contributed by atoms with Gasteiger partial charge in [0.05, 0.1) is 31.4 Å². The van der Waals surface area contributed by atoms with Crippen LogP contribution in [0.1, 0.15) is 23.2 Å². The summed E-state index contributed by atoms with van der Waals surface area (Å²) in [6.45, 7) is 1.18. The Labute approximate surface area is 242 Å². The van der Waals surface area contributed by atoms with Crippen molar-refractivity contribution in [1.82, 2.24) is 15.0 Å². The normalized spacial score (nSPS) is 11.4. The minimum Gasteiger partial charge on any atom is -0.493 e. The second-order valence-electron chi connectivity index (χ2n) is 9.28. The highest BCUT2D eigenvalue weighted by atomic mass is 16.5. The molecule has 5 rings (SSSR count). The van der Waals surface area contributed by atoms with Gasteiger partial charge in [-0.3, -0.25) is 9.48 Å². The summed E-state index contributed by atoms with van der Waals surface area (Å²) in [7, 11) is 1.56. The minimum absolute atomic E-state index is 0.117. The lowest BCUT2D eigenvalue weighted by Crippen LogP contribution is -2.07. The van der Waals surface area contributed by atoms with Crippen molar-refractivity contribution in [2.75, 3.05) is 13.7 Å². The van der Waals surface area contributed by atoms with E-state index in [0.717, 1.165) is 16.5 Å². The van der Waals surface area contributed by atoms with Crippen LogP contribution in [0.4, 0.5) is 0 Å². The Morgan fingerprint density at radius 3 is 2.50 bits per heavy atom. The van der Waals surface area contributed by atoms with Crippen molar-refractivity contribution < 1.29 is 23.4 Å². The fraction of sp³-hybridized carbons (Fsp3) is 0.152. The number of benzene rings is 3. The first-order valence-corrected chi connectivity index (χ1v) is 13.4. The summed E-state index contributed by atoms with van der Waals surface area (Å²) in [5.74, 6) is 1.47. The van der Waals surface area contributed by atoms with Crippen LogP contribution in [0.2, 0.25) is 0 Å². The molecule has 0 fully saturated rings. The molecule has 0 amide bonds. The van der Waals surface area contributed by atoms with Gasteiger partial charge in [0.15, 0.2) is 17.3 Å². The molecule has 3 aromatic carbocycles. The summed E-state index contributed by atoms with van der Waals surface area (Å²) < 4.78 is 24.2. The van der Waals surface area contributed by atoms with Crippen molar-refractivity contribution in [3.63, 3.8) is 0 Å². The molecule has 0 aliphatic heterocycles. The molecule has 2 heterocycles. The van der Waals surface area contributed by atoms with E-state index in [1.54, 1.807) is 48.2 Å². The van der Waals surface area contributed by atoms with Gasteiger partial charge in [-0.2, -0.15) is 0 Å². The van der Waals surface area contributed by atoms with Crippen LogP contribution in [0.25, 0.3) is 23.1 Å². The number of ketones is 1. The quantitative estimate of drug-likeness (QED) is 0.102. The molecule has 0 aliphatic rings. The van der Waals surface area contributed by atoms with Crippen molar-refractivity contribution in [2.45, 2.75) is 19.6 Å². The molecule has 0 atom stereocenters. The van der Waals surface area contributed by atoms with Gasteiger partial charge >= 0.3 is 5.63 Å². The lowest BCUT2D eigenvalue weighted by molar-refractivity contribution is -0.110. The number of para-hydroxylation sites is 1. The van der Waals surface area contributed by atoms with Gasteiger partial charge in [-0.15, -0.1) is 5.10 Å². The molecule has 0 unspecified atom stereocenters. The number of hydrogen-bond acceptors (Lipinski definition) is 8. The number of fused-ring (bicyclic) bond motifs is 1. The van der Waals surface area contributed by atoms with Crippen LogP contribution in [-0.4, -0.2) is 34.5 Å². The number of allylic oxidation sites excluding steroid dienone is 2. The largest absolute Gasteiger partial charge is 0.493 e. The van der Waals surface area contributed by atoms with E-state index in [0.29, 0.717) is 48.1 Å². The van der Waals surface area contributed by atoms with Crippen LogP contribution in [0, 0.1) is 0 Å². The Balaban J connectivity index is 1.10. The van der Waals surface area contributed by atoms with Crippen molar-refractivity contribution in [3.05, 3.63) is 124 Å². The van der Waals surface area contributed by atoms with Crippen molar-refractivity contribution in [1.29, 1.82) is 0 Å². The topological polar surface area (TPSA) is 106 Å². The molecular formula is C33H29N3O6. The van der Waals surface area contributed by atoms with Gasteiger partial charge in [-0.25, -0.2) is 4.79 Å². The Hall–Kier alpha value is -5.44. The van der Waals surface area contributed by atoms with E-state index < -0.39 is 5.63 Å². The van der Waals surface area contributed by atoms with Gasteiger partial charge in [0.1, 0.15) is 23.6 Å². The fourth-order valence-electron chi connectivity index (χ4n) is 4.16. The first-order chi connectivity index (χ1) is 20.6. The zero-order valence-electron chi connectivity index (χ0n) is 23.0. The van der Waals surface area contributed by atoms with E-state index in [-0.39, 0.29) is 12.4 Å². The summed E-state index contributed by atoms with van der Waals surface area (Å²) in [4.78, 5) is 24.0. The zero-order valence-corrected chi connectivity index (χ0v) is 23.0. The summed E-state index contributed by atoms with van der Waals surface area (Å²) in [5.41, 5.74) is 2.47. The fourth-order valence-corrected chi connectivity index (χ4v) is 4.16. The van der Waals surface area contributed by atoms with E-state index >= 15 is 0 Å². The maximum absolute atomic E-state index is 12.2. The van der Waals surface area contributed by atoms with E-state index in [2.05, 4.69) is 10.3 Å². The molecular weight excluding hydrogens is 534 g/mol. The van der Waals surface area contributed by atoms with Crippen LogP contribution in [-0.2, 0) is 17.9 Å². The predicted molar refractivity (Wildman–Crippen MR) is 159 cm³/mol. The molecule has 0 radical (unpaired) electrons. The van der Waals surface area contributed by atoms with E-state index in [1.807, 2.05) is 54.7 Å². The van der Waals surface area contributed by atoms with Crippen LogP contribution in [0.15, 0.2) is 106 Å². The summed E-state index contributed by atoms with van der Waals surface area (Å²) in [5, 5.41) is 9.09. The highest BCUT2D eigenvalue weighted by molar-refractivity contribution is 6.04. The number of methoxy groups -OCH3 is 1. The number of carbonyl (C=O) groups excluding carboxylic acids is 1. The van der Waals surface area contributed by atoms with Gasteiger partial charge in [-0.05, 0) is 47.5 Å². The molecule has 9 nitrogen and oxygen atoms in total. The number of rotatable bonds is 13. The first kappa shape index (κ1) is 28.1. The smallest absolute Gasteiger partial charge is 0.339 e. The summed E-state index contributed by atoms with van der Waals surface area (Å²) in [6, 6.07) is 23.7. The number of nitrogens with zero attached hydrogens (tertiary/aromatic N) is 3. The number of aromatic nitrogens is 3. The average Bonchev–Trinajstić information content (AvgIpc) is 3.48. The van der Waals surface area contributed by atoms with Crippen molar-refractivity contribution in [3.8, 4) is 17.2 Å². The Morgan fingerprint density at radius 2 is 1.67 bits per heavy atom. The lowest BCUT2D eigenvalue weighted by atomic mass is 10.1. The SMILES string of the molecule is COc1cc(/C=C/C(=O)/C=C/c2ccccc2)ccc1OCc1cn(CCCOc2cc(=O)oc3ccccc23)nn1. The first-order valence-electron chi connectivity index (χ1n) is 13.4. The third kappa shape index (κ3) is 7.60. The van der Waals surface area contributed by atoms with Crippen LogP contribution in [0.3, 0.4) is 0 Å². The molecule has 0 saturated heterocycles. The van der Waals surface area contributed by atoms with Crippen LogP contribution in [0.5, 0.6) is 17.2 Å². The Bertz CT molecular complexity index is 1770. The van der Waals surface area contributed by atoms with Crippen LogP contribution >= 0.6 is 0 Å². The predicted octanol–water partition coefficient (Wildman–Crippen LogP) is 5.74. The number of aryl methyl sites for hydroxylation is 1. The van der Waals surface area contributed by atoms with Gasteiger partial charge in [0.2, 0.25) is 0 Å². The standard InChI is InChI=1S/C33H29N3O6/c1-39-32-20-25(13-16-27(37)15-12-24-8-3-2-4-9-24)14-17-30(32)41-23-26-22-36(35-34-26)18-7-19-40-31-21-33(38)42-29-11-6-5-10-28(29)31/h2-6,8-17,20-22H,7,18-19,23H2,1H3/b15-12+,16-13+. The molecule has 0 spiro atoms. The van der Waals surface area contributed by atoms with Crippen molar-refractivity contribution >= 4 is 28.9 Å². The van der Waals surface area contributed by atoms with Gasteiger partial charge in [-0.1, -0.05) is 65.9 Å². The molecule has 42 heavy (non-hydrogen) atoms. The van der Waals surface area contributed by atoms with Gasteiger partial charge < -0.3 is 18.6 Å². The molecule has 0 saturated carbocycles. The molecule has 0 N–H and O–H groups in total.